The minimum Gasteiger partial charge on any atom is -0.326 e. The highest BCUT2D eigenvalue weighted by Crippen LogP contribution is 2.20. The van der Waals surface area contributed by atoms with E-state index in [1.165, 1.54) is 6.08 Å². The van der Waals surface area contributed by atoms with Gasteiger partial charge in [-0.1, -0.05) is 48.0 Å². The van der Waals surface area contributed by atoms with E-state index in [9.17, 15) is 13.2 Å². The molecule has 0 unspecified atom stereocenters. The summed E-state index contributed by atoms with van der Waals surface area (Å²) in [7, 11) is -3.59. The quantitative estimate of drug-likeness (QED) is 0.773. The number of carbonyl (C=O) groups is 1. The number of carbonyl (C=O) groups excluding carboxylic acids is 1. The summed E-state index contributed by atoms with van der Waals surface area (Å²) in [5, 5.41) is 4.32. The van der Waals surface area contributed by atoms with Gasteiger partial charge >= 0.3 is 0 Å². The van der Waals surface area contributed by atoms with Gasteiger partial charge in [-0.2, -0.15) is 0 Å². The Labute approximate surface area is 152 Å². The van der Waals surface area contributed by atoms with Crippen LogP contribution in [0.5, 0.6) is 0 Å². The Hall–Kier alpha value is -2.15. The molecule has 0 heterocycles. The van der Waals surface area contributed by atoms with Crippen LogP contribution in [0.3, 0.4) is 0 Å². The highest BCUT2D eigenvalue weighted by Gasteiger charge is 2.09. The van der Waals surface area contributed by atoms with E-state index in [-0.39, 0.29) is 18.9 Å². The fourth-order valence-corrected chi connectivity index (χ4v) is 3.02. The number of rotatable bonds is 7. The predicted molar refractivity (Wildman–Crippen MR) is 102 cm³/mol. The van der Waals surface area contributed by atoms with Gasteiger partial charge in [0.1, 0.15) is 0 Å². The monoisotopic (exact) mass is 378 g/mol. The molecular formula is C18H19ClN2O3S. The van der Waals surface area contributed by atoms with Crippen molar-refractivity contribution in [3.63, 3.8) is 0 Å². The first-order chi connectivity index (χ1) is 11.9. The van der Waals surface area contributed by atoms with Gasteiger partial charge in [0.15, 0.2) is 0 Å². The maximum Gasteiger partial charge on any atom is 0.233 e. The molecule has 0 spiro atoms. The molecule has 0 atom stereocenters. The molecule has 0 bridgehead atoms. The molecule has 0 aliphatic heterocycles. The Morgan fingerprint density at radius 3 is 2.60 bits per heavy atom. The lowest BCUT2D eigenvalue weighted by atomic mass is 10.2. The van der Waals surface area contributed by atoms with Gasteiger partial charge in [-0.25, -0.2) is 13.1 Å². The third-order valence-electron chi connectivity index (χ3n) is 3.37. The summed E-state index contributed by atoms with van der Waals surface area (Å²) in [5.74, 6) is -0.292. The summed E-state index contributed by atoms with van der Waals surface area (Å²) in [6, 6.07) is 14.3. The average molecular weight is 379 g/mol. The smallest absolute Gasteiger partial charge is 0.233 e. The fraction of sp³-hybridized carbons (Fsp3) is 0.167. The number of anilines is 1. The molecule has 7 heteroatoms. The van der Waals surface area contributed by atoms with Crippen LogP contribution in [0.4, 0.5) is 5.69 Å². The van der Waals surface area contributed by atoms with Gasteiger partial charge in [-0.3, -0.25) is 4.79 Å². The SMILES string of the molecule is Cc1ccc(Cl)cc1NC(=O)CCNS(=O)(=O)C=Cc1ccccc1. The van der Waals surface area contributed by atoms with Crippen molar-refractivity contribution in [1.29, 1.82) is 0 Å². The van der Waals surface area contributed by atoms with Gasteiger partial charge in [-0.05, 0) is 36.3 Å². The molecule has 0 saturated heterocycles. The normalized spacial score (nSPS) is 11.6. The van der Waals surface area contributed by atoms with Crippen molar-refractivity contribution >= 4 is 39.3 Å². The Balaban J connectivity index is 1.84. The lowest BCUT2D eigenvalue weighted by molar-refractivity contribution is -0.116. The minimum atomic E-state index is -3.59. The van der Waals surface area contributed by atoms with Crippen LogP contribution >= 0.6 is 11.6 Å². The Kier molecular flexibility index (Phi) is 6.75. The second-order valence-electron chi connectivity index (χ2n) is 5.41. The third-order valence-corrected chi connectivity index (χ3v) is 4.70. The fourth-order valence-electron chi connectivity index (χ4n) is 2.03. The van der Waals surface area contributed by atoms with E-state index in [0.29, 0.717) is 10.7 Å². The molecule has 0 aliphatic rings. The molecule has 0 saturated carbocycles. The van der Waals surface area contributed by atoms with Crippen LogP contribution in [0.25, 0.3) is 6.08 Å². The highest BCUT2D eigenvalue weighted by molar-refractivity contribution is 7.92. The number of aryl methyl sites for hydroxylation is 1. The molecule has 132 valence electrons. The van der Waals surface area contributed by atoms with Crippen LogP contribution in [0.1, 0.15) is 17.5 Å². The molecule has 2 rings (SSSR count). The molecule has 2 aromatic rings. The van der Waals surface area contributed by atoms with Crippen molar-refractivity contribution in [3.05, 3.63) is 70.1 Å². The Morgan fingerprint density at radius 1 is 1.16 bits per heavy atom. The summed E-state index contributed by atoms with van der Waals surface area (Å²) in [5.41, 5.74) is 2.27. The number of sulfonamides is 1. The lowest BCUT2D eigenvalue weighted by Crippen LogP contribution is -2.26. The van der Waals surface area contributed by atoms with Crippen molar-refractivity contribution in [2.75, 3.05) is 11.9 Å². The van der Waals surface area contributed by atoms with Gasteiger partial charge in [0.25, 0.3) is 0 Å². The second-order valence-corrected chi connectivity index (χ2v) is 7.50. The van der Waals surface area contributed by atoms with Gasteiger partial charge in [-0.15, -0.1) is 0 Å². The van der Waals surface area contributed by atoms with Crippen molar-refractivity contribution in [2.45, 2.75) is 13.3 Å². The molecule has 1 amide bonds. The summed E-state index contributed by atoms with van der Waals surface area (Å²) in [4.78, 5) is 11.9. The lowest BCUT2D eigenvalue weighted by Gasteiger charge is -2.09. The molecular weight excluding hydrogens is 360 g/mol. The molecule has 2 aromatic carbocycles. The number of amides is 1. The predicted octanol–water partition coefficient (Wildman–Crippen LogP) is 3.57. The Bertz CT molecular complexity index is 865. The van der Waals surface area contributed by atoms with E-state index >= 15 is 0 Å². The molecule has 2 N–H and O–H groups in total. The first-order valence-electron chi connectivity index (χ1n) is 7.64. The van der Waals surface area contributed by atoms with E-state index in [1.54, 1.807) is 30.3 Å². The molecule has 0 fully saturated rings. The van der Waals surface area contributed by atoms with E-state index in [0.717, 1.165) is 16.5 Å². The van der Waals surface area contributed by atoms with Gasteiger partial charge in [0.2, 0.25) is 15.9 Å². The van der Waals surface area contributed by atoms with E-state index in [4.69, 9.17) is 11.6 Å². The third kappa shape index (κ3) is 6.70. The number of hydrogen-bond acceptors (Lipinski definition) is 3. The van der Waals surface area contributed by atoms with Crippen LogP contribution in [-0.4, -0.2) is 20.9 Å². The number of nitrogens with one attached hydrogen (secondary N) is 2. The van der Waals surface area contributed by atoms with E-state index in [1.807, 2.05) is 25.1 Å². The molecule has 25 heavy (non-hydrogen) atoms. The maximum atomic E-state index is 11.9. The standard InChI is InChI=1S/C18H19ClN2O3S/c1-14-7-8-16(19)13-17(14)21-18(22)9-11-20-25(23,24)12-10-15-5-3-2-4-6-15/h2-8,10,12-13,20H,9,11H2,1H3,(H,21,22). The maximum absolute atomic E-state index is 11.9. The van der Waals surface area contributed by atoms with Crippen molar-refractivity contribution in [3.8, 4) is 0 Å². The van der Waals surface area contributed by atoms with Crippen LogP contribution in [-0.2, 0) is 14.8 Å². The highest BCUT2D eigenvalue weighted by atomic mass is 35.5. The number of hydrogen-bond donors (Lipinski definition) is 2. The van der Waals surface area contributed by atoms with Crippen LogP contribution in [0.15, 0.2) is 53.9 Å². The number of halogens is 1. The zero-order valence-corrected chi connectivity index (χ0v) is 15.3. The van der Waals surface area contributed by atoms with Gasteiger partial charge in [0.05, 0.1) is 0 Å². The first-order valence-corrected chi connectivity index (χ1v) is 9.57. The zero-order chi connectivity index (χ0) is 18.3. The van der Waals surface area contributed by atoms with Crippen molar-refractivity contribution in [2.24, 2.45) is 0 Å². The average Bonchev–Trinajstić information content (AvgIpc) is 2.57. The minimum absolute atomic E-state index is 0.00685. The van der Waals surface area contributed by atoms with Crippen molar-refractivity contribution < 1.29 is 13.2 Å². The van der Waals surface area contributed by atoms with E-state index in [2.05, 4.69) is 10.0 Å². The molecule has 0 aliphatic carbocycles. The van der Waals surface area contributed by atoms with Crippen LogP contribution < -0.4 is 10.0 Å². The molecule has 0 aromatic heterocycles. The molecule has 5 nitrogen and oxygen atoms in total. The first kappa shape index (κ1) is 19.2. The van der Waals surface area contributed by atoms with E-state index < -0.39 is 10.0 Å². The second kappa shape index (κ2) is 8.80. The van der Waals surface area contributed by atoms with Crippen LogP contribution in [0, 0.1) is 6.92 Å². The van der Waals surface area contributed by atoms with Crippen LogP contribution in [0.2, 0.25) is 5.02 Å². The summed E-state index contributed by atoms with van der Waals surface area (Å²) < 4.78 is 26.2. The number of benzene rings is 2. The summed E-state index contributed by atoms with van der Waals surface area (Å²) in [6.07, 6.45) is 1.52. The summed E-state index contributed by atoms with van der Waals surface area (Å²) in [6.45, 7) is 1.86. The van der Waals surface area contributed by atoms with Crippen molar-refractivity contribution in [1.82, 2.24) is 4.72 Å². The van der Waals surface area contributed by atoms with Gasteiger partial charge < -0.3 is 5.32 Å². The molecule has 0 radical (unpaired) electrons. The largest absolute Gasteiger partial charge is 0.326 e. The zero-order valence-electron chi connectivity index (χ0n) is 13.7. The van der Waals surface area contributed by atoms with Gasteiger partial charge in [0, 0.05) is 29.1 Å². The Morgan fingerprint density at radius 2 is 1.88 bits per heavy atom. The summed E-state index contributed by atoms with van der Waals surface area (Å²) >= 11 is 5.90. The topological polar surface area (TPSA) is 75.3 Å².